The summed E-state index contributed by atoms with van der Waals surface area (Å²) in [4.78, 5) is 14.5. The lowest BCUT2D eigenvalue weighted by atomic mass is 9.97. The summed E-state index contributed by atoms with van der Waals surface area (Å²) in [5, 5.41) is 1.07. The number of fused-ring (bicyclic) bond motifs is 2. The summed E-state index contributed by atoms with van der Waals surface area (Å²) in [6.07, 6.45) is 6.37. The summed E-state index contributed by atoms with van der Waals surface area (Å²) in [6, 6.07) is 12.0. The summed E-state index contributed by atoms with van der Waals surface area (Å²) in [6.45, 7) is 0.635. The number of hydrogen-bond acceptors (Lipinski definition) is 6. The molecule has 1 atom stereocenters. The molecule has 5 nitrogen and oxygen atoms in total. The van der Waals surface area contributed by atoms with Crippen molar-refractivity contribution in [3.8, 4) is 22.6 Å². The lowest BCUT2D eigenvalue weighted by molar-refractivity contribution is 0.261. The Hall–Kier alpha value is -2.99. The highest BCUT2D eigenvalue weighted by atomic mass is 32.1. The van der Waals surface area contributed by atoms with Gasteiger partial charge >= 0.3 is 0 Å². The van der Waals surface area contributed by atoms with Gasteiger partial charge in [0.15, 0.2) is 0 Å². The average molecular weight is 375 g/mol. The lowest BCUT2D eigenvalue weighted by Gasteiger charge is -2.24. The molecule has 6 heteroatoms. The maximum Gasteiger partial charge on any atom is 0.143 e. The van der Waals surface area contributed by atoms with Crippen molar-refractivity contribution in [2.45, 2.75) is 12.3 Å². The summed E-state index contributed by atoms with van der Waals surface area (Å²) in [5.74, 6) is 2.02. The maximum atomic E-state index is 5.96. The van der Waals surface area contributed by atoms with E-state index in [-0.39, 0.29) is 5.92 Å². The first-order valence-electron chi connectivity index (χ1n) is 8.77. The van der Waals surface area contributed by atoms with E-state index >= 15 is 0 Å². The van der Waals surface area contributed by atoms with Crippen molar-refractivity contribution < 1.29 is 9.47 Å². The minimum absolute atomic E-state index is 0.230. The quantitative estimate of drug-likeness (QED) is 0.528. The fourth-order valence-electron chi connectivity index (χ4n) is 3.37. The van der Waals surface area contributed by atoms with Gasteiger partial charge in [0.1, 0.15) is 26.9 Å². The normalized spacial score (nSPS) is 16.0. The topological polar surface area (TPSA) is 57.1 Å². The number of benzene rings is 1. The van der Waals surface area contributed by atoms with Gasteiger partial charge in [0.2, 0.25) is 0 Å². The Labute approximate surface area is 160 Å². The van der Waals surface area contributed by atoms with Gasteiger partial charge in [-0.05, 0) is 53.9 Å². The molecule has 0 radical (unpaired) electrons. The molecule has 1 aliphatic rings. The molecule has 0 spiro atoms. The molecule has 0 saturated heterocycles. The van der Waals surface area contributed by atoms with Crippen molar-refractivity contribution in [2.24, 2.45) is 0 Å². The van der Waals surface area contributed by atoms with E-state index in [0.29, 0.717) is 6.61 Å². The number of thiazole rings is 1. The van der Waals surface area contributed by atoms with Gasteiger partial charge in [0.05, 0.1) is 13.7 Å². The van der Waals surface area contributed by atoms with E-state index in [9.17, 15) is 0 Å². The highest BCUT2D eigenvalue weighted by Gasteiger charge is 2.25. The zero-order chi connectivity index (χ0) is 18.2. The molecule has 0 saturated carbocycles. The minimum Gasteiger partial charge on any atom is -0.497 e. The molecule has 5 rings (SSSR count). The number of pyridine rings is 2. The second-order valence-electron chi connectivity index (χ2n) is 6.52. The second-order valence-corrected chi connectivity index (χ2v) is 7.53. The number of hydrogen-bond donors (Lipinski definition) is 0. The first kappa shape index (κ1) is 16.2. The monoisotopic (exact) mass is 375 g/mol. The zero-order valence-electron chi connectivity index (χ0n) is 14.8. The predicted octanol–water partition coefficient (Wildman–Crippen LogP) is 4.48. The van der Waals surface area contributed by atoms with Gasteiger partial charge in [-0.15, -0.1) is 0 Å². The van der Waals surface area contributed by atoms with Crippen molar-refractivity contribution in [2.75, 3.05) is 13.7 Å². The van der Waals surface area contributed by atoms with E-state index in [0.717, 1.165) is 50.0 Å². The molecule has 0 aliphatic carbocycles. The van der Waals surface area contributed by atoms with Gasteiger partial charge < -0.3 is 9.47 Å². The van der Waals surface area contributed by atoms with Crippen LogP contribution in [0.15, 0.2) is 55.0 Å². The highest BCUT2D eigenvalue weighted by Crippen LogP contribution is 2.37. The third kappa shape index (κ3) is 3.02. The molecule has 0 N–H and O–H groups in total. The number of aromatic nitrogens is 3. The fraction of sp³-hybridized carbons (Fsp3) is 0.190. The molecule has 0 unspecified atom stereocenters. The van der Waals surface area contributed by atoms with Gasteiger partial charge in [-0.3, -0.25) is 4.98 Å². The van der Waals surface area contributed by atoms with Crippen LogP contribution in [0.5, 0.6) is 11.5 Å². The second kappa shape index (κ2) is 6.63. The van der Waals surface area contributed by atoms with E-state index in [2.05, 4.69) is 22.1 Å². The van der Waals surface area contributed by atoms with Crippen LogP contribution in [0.2, 0.25) is 0 Å². The van der Waals surface area contributed by atoms with E-state index in [1.807, 2.05) is 30.5 Å². The van der Waals surface area contributed by atoms with Crippen molar-refractivity contribution in [3.05, 3.63) is 65.6 Å². The zero-order valence-corrected chi connectivity index (χ0v) is 15.6. The highest BCUT2D eigenvalue weighted by molar-refractivity contribution is 7.18. The molecule has 1 aliphatic heterocycles. The Bertz CT molecular complexity index is 1110. The smallest absolute Gasteiger partial charge is 0.143 e. The number of nitrogens with zero attached hydrogens (tertiary/aromatic N) is 3. The summed E-state index contributed by atoms with van der Waals surface area (Å²) in [7, 11) is 1.68. The summed E-state index contributed by atoms with van der Waals surface area (Å²) in [5.41, 5.74) is 4.24. The summed E-state index contributed by atoms with van der Waals surface area (Å²) >= 11 is 1.65. The molecule has 4 aromatic rings. The van der Waals surface area contributed by atoms with Crippen LogP contribution in [0.25, 0.3) is 21.5 Å². The molecule has 4 heterocycles. The van der Waals surface area contributed by atoms with Crippen LogP contribution in [0, 0.1) is 0 Å². The van der Waals surface area contributed by atoms with Gasteiger partial charge in [0, 0.05) is 30.1 Å². The molecular weight excluding hydrogens is 358 g/mol. The van der Waals surface area contributed by atoms with Gasteiger partial charge in [-0.1, -0.05) is 11.3 Å². The Balaban J connectivity index is 1.47. The van der Waals surface area contributed by atoms with Gasteiger partial charge in [0.25, 0.3) is 0 Å². The van der Waals surface area contributed by atoms with Crippen LogP contribution < -0.4 is 9.47 Å². The third-order valence-corrected chi connectivity index (χ3v) is 5.94. The Morgan fingerprint density at radius 2 is 2.00 bits per heavy atom. The Morgan fingerprint density at radius 3 is 2.85 bits per heavy atom. The largest absolute Gasteiger partial charge is 0.497 e. The molecule has 3 aromatic heterocycles. The maximum absolute atomic E-state index is 5.96. The minimum atomic E-state index is 0.230. The molecule has 0 fully saturated rings. The number of ether oxygens (including phenoxy) is 2. The van der Waals surface area contributed by atoms with Gasteiger partial charge in [-0.25, -0.2) is 9.97 Å². The predicted molar refractivity (Wildman–Crippen MR) is 106 cm³/mol. The van der Waals surface area contributed by atoms with Crippen LogP contribution in [0.3, 0.4) is 0 Å². The first-order valence-corrected chi connectivity index (χ1v) is 9.58. The van der Waals surface area contributed by atoms with E-state index in [4.69, 9.17) is 14.5 Å². The molecule has 0 amide bonds. The van der Waals surface area contributed by atoms with Crippen LogP contribution in [-0.4, -0.2) is 28.7 Å². The Morgan fingerprint density at radius 1 is 1.11 bits per heavy atom. The number of rotatable bonds is 3. The Kier molecular flexibility index (Phi) is 3.98. The van der Waals surface area contributed by atoms with E-state index < -0.39 is 0 Å². The molecule has 27 heavy (non-hydrogen) atoms. The van der Waals surface area contributed by atoms with Crippen LogP contribution in [0.4, 0.5) is 0 Å². The molecule has 0 bridgehead atoms. The van der Waals surface area contributed by atoms with E-state index in [1.165, 1.54) is 0 Å². The number of methoxy groups -OCH3 is 1. The fourth-order valence-corrected chi connectivity index (χ4v) is 4.35. The molecular formula is C21H17N3O2S. The average Bonchev–Trinajstić information content (AvgIpc) is 3.17. The molecule has 1 aromatic carbocycles. The summed E-state index contributed by atoms with van der Waals surface area (Å²) < 4.78 is 11.3. The van der Waals surface area contributed by atoms with Crippen LogP contribution in [0.1, 0.15) is 16.5 Å². The SMILES string of the molecule is COc1ccc2c(c1)C[C@@H](c1nc3cc(-c4ccncc4)cnc3s1)CO2. The van der Waals surface area contributed by atoms with Gasteiger partial charge in [-0.2, -0.15) is 0 Å². The standard InChI is InChI=1S/C21H17N3O2S/c1-25-17-2-3-19-14(9-17)8-16(12-26-19)20-24-18-10-15(11-23-21(18)27-20)13-4-6-22-7-5-13/h2-7,9-11,16H,8,12H2,1H3/t16-/m1/s1. The van der Waals surface area contributed by atoms with Crippen LogP contribution >= 0.6 is 11.3 Å². The lowest BCUT2D eigenvalue weighted by Crippen LogP contribution is -2.19. The molecule has 134 valence electrons. The van der Waals surface area contributed by atoms with E-state index in [1.54, 1.807) is 30.8 Å². The van der Waals surface area contributed by atoms with Crippen molar-refractivity contribution in [1.29, 1.82) is 0 Å². The van der Waals surface area contributed by atoms with Crippen molar-refractivity contribution in [3.63, 3.8) is 0 Å². The third-order valence-electron chi connectivity index (χ3n) is 4.80. The van der Waals surface area contributed by atoms with Crippen molar-refractivity contribution >= 4 is 21.7 Å². The van der Waals surface area contributed by atoms with Crippen LogP contribution in [-0.2, 0) is 6.42 Å². The van der Waals surface area contributed by atoms with Crippen molar-refractivity contribution in [1.82, 2.24) is 15.0 Å². The first-order chi connectivity index (χ1) is 13.3.